The number of carbonyl (C=O) groups excluding carboxylic acids is 1. The van der Waals surface area contributed by atoms with E-state index in [9.17, 15) is 18.0 Å². The molecule has 1 aromatic rings. The molecule has 4 nitrogen and oxygen atoms in total. The second kappa shape index (κ2) is 5.70. The minimum absolute atomic E-state index is 0.251. The summed E-state index contributed by atoms with van der Waals surface area (Å²) in [5, 5.41) is 5.64. The minimum Gasteiger partial charge on any atom is -0.406 e. The number of hydrogen-bond acceptors (Lipinski definition) is 3. The molecule has 0 spiro atoms. The minimum atomic E-state index is -4.74. The monoisotopic (exact) mass is 288 g/mol. The van der Waals surface area contributed by atoms with Crippen molar-refractivity contribution in [3.63, 3.8) is 0 Å². The zero-order chi connectivity index (χ0) is 14.8. The van der Waals surface area contributed by atoms with Crippen molar-refractivity contribution >= 4 is 11.6 Å². The fourth-order valence-electron chi connectivity index (χ4n) is 2.11. The van der Waals surface area contributed by atoms with E-state index in [2.05, 4.69) is 15.4 Å². The predicted octanol–water partition coefficient (Wildman–Crippen LogP) is 2.52. The zero-order valence-corrected chi connectivity index (χ0v) is 10.8. The van der Waals surface area contributed by atoms with Gasteiger partial charge in [-0.3, -0.25) is 4.79 Å². The Morgan fingerprint density at radius 3 is 2.80 bits per heavy atom. The Morgan fingerprint density at radius 1 is 1.45 bits per heavy atom. The van der Waals surface area contributed by atoms with Crippen molar-refractivity contribution in [1.29, 1.82) is 0 Å². The molecule has 1 heterocycles. The molecule has 2 N–H and O–H groups in total. The third-order valence-electron chi connectivity index (χ3n) is 3.00. The van der Waals surface area contributed by atoms with Crippen LogP contribution in [0.5, 0.6) is 5.75 Å². The number of halogens is 3. The Morgan fingerprint density at radius 2 is 2.20 bits per heavy atom. The zero-order valence-electron chi connectivity index (χ0n) is 10.8. The molecule has 1 amide bonds. The summed E-state index contributed by atoms with van der Waals surface area (Å²) in [5.41, 5.74) is 0.276. The lowest BCUT2D eigenvalue weighted by Crippen LogP contribution is -2.35. The van der Waals surface area contributed by atoms with E-state index in [1.165, 1.54) is 18.2 Å². The molecule has 20 heavy (non-hydrogen) atoms. The van der Waals surface area contributed by atoms with E-state index in [-0.39, 0.29) is 23.4 Å². The molecule has 0 saturated carbocycles. The van der Waals surface area contributed by atoms with Gasteiger partial charge in [0.05, 0.1) is 6.04 Å². The molecule has 7 heteroatoms. The molecule has 2 rings (SSSR count). The van der Waals surface area contributed by atoms with Crippen molar-refractivity contribution in [3.8, 4) is 5.75 Å². The quantitative estimate of drug-likeness (QED) is 0.898. The average molecular weight is 288 g/mol. The number of hydrogen-bond donors (Lipinski definition) is 2. The molecule has 1 saturated heterocycles. The summed E-state index contributed by atoms with van der Waals surface area (Å²) in [5.74, 6) is -0.202. The molecule has 0 radical (unpaired) electrons. The smallest absolute Gasteiger partial charge is 0.406 e. The number of carbonyl (C=O) groups is 1. The largest absolute Gasteiger partial charge is 0.573 e. The summed E-state index contributed by atoms with van der Waals surface area (Å²) in [6.07, 6.45) is -4.03. The summed E-state index contributed by atoms with van der Waals surface area (Å²) in [6, 6.07) is 4.92. The highest BCUT2D eigenvalue weighted by atomic mass is 19.4. The van der Waals surface area contributed by atoms with E-state index in [0.717, 1.165) is 12.6 Å². The number of anilines is 1. The first kappa shape index (κ1) is 14.6. The lowest BCUT2D eigenvalue weighted by molar-refractivity contribution is -0.274. The molecule has 2 unspecified atom stereocenters. The van der Waals surface area contributed by atoms with E-state index in [0.29, 0.717) is 12.3 Å². The molecule has 1 aliphatic heterocycles. The third-order valence-corrected chi connectivity index (χ3v) is 3.00. The highest BCUT2D eigenvalue weighted by Gasteiger charge is 2.31. The summed E-state index contributed by atoms with van der Waals surface area (Å²) in [4.78, 5) is 11.9. The highest BCUT2D eigenvalue weighted by Crippen LogP contribution is 2.25. The first-order valence-corrected chi connectivity index (χ1v) is 6.23. The Labute approximate surface area is 114 Å². The number of nitrogens with one attached hydrogen (secondary N) is 2. The van der Waals surface area contributed by atoms with Gasteiger partial charge in [0.15, 0.2) is 0 Å². The van der Waals surface area contributed by atoms with Crippen LogP contribution in [0.3, 0.4) is 0 Å². The van der Waals surface area contributed by atoms with Crippen LogP contribution in [0.25, 0.3) is 0 Å². The fraction of sp³-hybridized carbons (Fsp3) is 0.462. The average Bonchev–Trinajstić information content (AvgIpc) is 2.74. The van der Waals surface area contributed by atoms with Crippen molar-refractivity contribution in [3.05, 3.63) is 24.3 Å². The molecule has 0 aromatic heterocycles. The van der Waals surface area contributed by atoms with E-state index < -0.39 is 6.36 Å². The molecule has 1 aliphatic rings. The maximum Gasteiger partial charge on any atom is 0.573 e. The normalized spacial score (nSPS) is 22.6. The van der Waals surface area contributed by atoms with Gasteiger partial charge in [0.1, 0.15) is 5.75 Å². The molecule has 1 fully saturated rings. The van der Waals surface area contributed by atoms with E-state index in [1.807, 2.05) is 6.92 Å². The molecule has 2 atom stereocenters. The van der Waals surface area contributed by atoms with Crippen molar-refractivity contribution in [2.24, 2.45) is 5.92 Å². The Balaban J connectivity index is 1.99. The van der Waals surface area contributed by atoms with Gasteiger partial charge in [-0.1, -0.05) is 13.0 Å². The molecule has 110 valence electrons. The molecule has 0 bridgehead atoms. The Hall–Kier alpha value is -1.76. The van der Waals surface area contributed by atoms with Crippen LogP contribution in [0.4, 0.5) is 18.9 Å². The summed E-state index contributed by atoms with van der Waals surface area (Å²) in [6.45, 7) is 2.79. The van der Waals surface area contributed by atoms with Gasteiger partial charge >= 0.3 is 6.36 Å². The molecule has 1 aromatic carbocycles. The number of amides is 1. The van der Waals surface area contributed by atoms with Crippen molar-refractivity contribution < 1.29 is 22.7 Å². The van der Waals surface area contributed by atoms with E-state index >= 15 is 0 Å². The molecular weight excluding hydrogens is 273 g/mol. The summed E-state index contributed by atoms with van der Waals surface area (Å²) < 4.78 is 40.1. The highest BCUT2D eigenvalue weighted by molar-refractivity contribution is 5.95. The van der Waals surface area contributed by atoms with Gasteiger partial charge in [0.25, 0.3) is 0 Å². The number of benzene rings is 1. The first-order valence-electron chi connectivity index (χ1n) is 6.23. The molecule has 0 aliphatic carbocycles. The Kier molecular flexibility index (Phi) is 4.17. The van der Waals surface area contributed by atoms with Crippen molar-refractivity contribution in [2.45, 2.75) is 25.7 Å². The van der Waals surface area contributed by atoms with Gasteiger partial charge in [0.2, 0.25) is 5.91 Å². The molecular formula is C13H15F3N2O2. The van der Waals surface area contributed by atoms with Crippen LogP contribution >= 0.6 is 0 Å². The number of ether oxygens (including phenoxy) is 1. The summed E-state index contributed by atoms with van der Waals surface area (Å²) in [7, 11) is 0. The Bertz CT molecular complexity index is 491. The van der Waals surface area contributed by atoms with Crippen LogP contribution in [0, 0.1) is 5.92 Å². The van der Waals surface area contributed by atoms with Gasteiger partial charge in [-0.05, 0) is 31.0 Å². The first-order chi connectivity index (χ1) is 9.33. The van der Waals surface area contributed by atoms with Gasteiger partial charge in [-0.15, -0.1) is 13.2 Å². The van der Waals surface area contributed by atoms with Crippen molar-refractivity contribution in [1.82, 2.24) is 5.32 Å². The lowest BCUT2D eigenvalue weighted by Gasteiger charge is -2.13. The second-order valence-corrected chi connectivity index (χ2v) is 4.87. The van der Waals surface area contributed by atoms with Crippen molar-refractivity contribution in [2.75, 3.05) is 11.9 Å². The third kappa shape index (κ3) is 4.12. The van der Waals surface area contributed by atoms with Gasteiger partial charge < -0.3 is 15.4 Å². The lowest BCUT2D eigenvalue weighted by atomic mass is 10.1. The standard InChI is InChI=1S/C13H15F3N2O2/c1-8-5-11(17-7-8)12(19)18-9-3-2-4-10(6-9)20-13(14,15)16/h2-4,6,8,11,17H,5,7H2,1H3,(H,18,19). The van der Waals surface area contributed by atoms with Crippen LogP contribution in [0.2, 0.25) is 0 Å². The van der Waals surface area contributed by atoms with Gasteiger partial charge in [-0.2, -0.15) is 0 Å². The number of alkyl halides is 3. The topological polar surface area (TPSA) is 50.4 Å². The van der Waals surface area contributed by atoms with Crippen LogP contribution in [0.15, 0.2) is 24.3 Å². The van der Waals surface area contributed by atoms with E-state index in [1.54, 1.807) is 0 Å². The second-order valence-electron chi connectivity index (χ2n) is 4.87. The van der Waals surface area contributed by atoms with Gasteiger partial charge in [0, 0.05) is 11.8 Å². The number of rotatable bonds is 3. The van der Waals surface area contributed by atoms with E-state index in [4.69, 9.17) is 0 Å². The maximum absolute atomic E-state index is 12.1. The SMILES string of the molecule is CC1CNC(C(=O)Nc2cccc(OC(F)(F)F)c2)C1. The predicted molar refractivity (Wildman–Crippen MR) is 67.3 cm³/mol. The van der Waals surface area contributed by atoms with Crippen LogP contribution in [0.1, 0.15) is 13.3 Å². The maximum atomic E-state index is 12.1. The van der Waals surface area contributed by atoms with Crippen LogP contribution in [-0.4, -0.2) is 24.9 Å². The van der Waals surface area contributed by atoms with Crippen LogP contribution in [-0.2, 0) is 4.79 Å². The fourth-order valence-corrected chi connectivity index (χ4v) is 2.11. The van der Waals surface area contributed by atoms with Crippen LogP contribution < -0.4 is 15.4 Å². The van der Waals surface area contributed by atoms with Gasteiger partial charge in [-0.25, -0.2) is 0 Å². The summed E-state index contributed by atoms with van der Waals surface area (Å²) >= 11 is 0.